The SMILES string of the molecule is C[C](c1ccc(Cl)c(Cl)c1)C1CCCCC1. The van der Waals surface area contributed by atoms with Crippen molar-refractivity contribution in [3.63, 3.8) is 0 Å². The molecule has 0 N–H and O–H groups in total. The topological polar surface area (TPSA) is 0 Å². The lowest BCUT2D eigenvalue weighted by atomic mass is 9.78. The quantitative estimate of drug-likeness (QED) is 0.653. The maximum Gasteiger partial charge on any atom is 0.0595 e. The van der Waals surface area contributed by atoms with Crippen molar-refractivity contribution in [1.82, 2.24) is 0 Å². The first kappa shape index (κ1) is 12.3. The Morgan fingerprint density at radius 2 is 1.75 bits per heavy atom. The fourth-order valence-electron chi connectivity index (χ4n) is 2.51. The Morgan fingerprint density at radius 3 is 2.38 bits per heavy atom. The Morgan fingerprint density at radius 1 is 1.06 bits per heavy atom. The van der Waals surface area contributed by atoms with E-state index in [0.717, 1.165) is 5.92 Å². The van der Waals surface area contributed by atoms with Gasteiger partial charge in [-0.25, -0.2) is 0 Å². The number of hydrogen-bond donors (Lipinski definition) is 0. The molecule has 0 atom stereocenters. The maximum atomic E-state index is 6.05. The zero-order valence-corrected chi connectivity index (χ0v) is 11.1. The van der Waals surface area contributed by atoms with Crippen LogP contribution in [0.2, 0.25) is 10.0 Å². The summed E-state index contributed by atoms with van der Waals surface area (Å²) in [5, 5.41) is 1.30. The minimum Gasteiger partial charge on any atom is -0.0827 e. The van der Waals surface area contributed by atoms with Crippen LogP contribution >= 0.6 is 23.2 Å². The molecule has 87 valence electrons. The highest BCUT2D eigenvalue weighted by Gasteiger charge is 2.22. The average Bonchev–Trinajstić information content (AvgIpc) is 2.33. The molecule has 16 heavy (non-hydrogen) atoms. The van der Waals surface area contributed by atoms with E-state index in [4.69, 9.17) is 23.2 Å². The van der Waals surface area contributed by atoms with Gasteiger partial charge in [-0.3, -0.25) is 0 Å². The number of halogens is 2. The monoisotopic (exact) mass is 255 g/mol. The minimum absolute atomic E-state index is 0.641. The van der Waals surface area contributed by atoms with Crippen LogP contribution in [0.25, 0.3) is 0 Å². The van der Waals surface area contributed by atoms with Crippen LogP contribution in [0.4, 0.5) is 0 Å². The third-order valence-corrected chi connectivity index (χ3v) is 4.33. The van der Waals surface area contributed by atoms with Crippen molar-refractivity contribution in [3.05, 3.63) is 39.7 Å². The average molecular weight is 256 g/mol. The van der Waals surface area contributed by atoms with Gasteiger partial charge in [-0.2, -0.15) is 0 Å². The first-order chi connectivity index (χ1) is 7.68. The maximum absolute atomic E-state index is 6.05. The van der Waals surface area contributed by atoms with Gasteiger partial charge in [0.05, 0.1) is 10.0 Å². The second kappa shape index (κ2) is 5.42. The van der Waals surface area contributed by atoms with Crippen molar-refractivity contribution in [2.45, 2.75) is 39.0 Å². The van der Waals surface area contributed by atoms with Crippen molar-refractivity contribution in [2.24, 2.45) is 5.92 Å². The van der Waals surface area contributed by atoms with Crippen LogP contribution in [0.1, 0.15) is 44.6 Å². The Hall–Kier alpha value is -0.200. The summed E-state index contributed by atoms with van der Waals surface area (Å²) in [5.74, 6) is 2.21. The van der Waals surface area contributed by atoms with Crippen LogP contribution in [-0.2, 0) is 0 Å². The normalized spacial score (nSPS) is 18.0. The fraction of sp³-hybridized carbons (Fsp3) is 0.500. The van der Waals surface area contributed by atoms with E-state index in [1.54, 1.807) is 0 Å². The number of rotatable bonds is 2. The molecule has 0 heterocycles. The molecular formula is C14H17Cl2. The highest BCUT2D eigenvalue weighted by molar-refractivity contribution is 6.42. The lowest BCUT2D eigenvalue weighted by Crippen LogP contribution is -2.14. The molecule has 0 spiro atoms. The van der Waals surface area contributed by atoms with Gasteiger partial charge in [-0.15, -0.1) is 0 Å². The van der Waals surface area contributed by atoms with Gasteiger partial charge in [0.15, 0.2) is 0 Å². The smallest absolute Gasteiger partial charge is 0.0595 e. The zero-order chi connectivity index (χ0) is 11.5. The lowest BCUT2D eigenvalue weighted by molar-refractivity contribution is 0.378. The largest absolute Gasteiger partial charge is 0.0827 e. The molecule has 0 saturated heterocycles. The summed E-state index contributed by atoms with van der Waals surface area (Å²) in [6.45, 7) is 2.23. The van der Waals surface area contributed by atoms with Gasteiger partial charge in [0.2, 0.25) is 0 Å². The van der Waals surface area contributed by atoms with Gasteiger partial charge in [0.25, 0.3) is 0 Å². The molecule has 0 amide bonds. The minimum atomic E-state index is 0.641. The van der Waals surface area contributed by atoms with Gasteiger partial charge in [-0.05, 0) is 36.5 Å². The summed E-state index contributed by atoms with van der Waals surface area (Å²) in [7, 11) is 0. The van der Waals surface area contributed by atoms with E-state index in [1.807, 2.05) is 12.1 Å². The molecular weight excluding hydrogens is 239 g/mol. The second-order valence-electron chi connectivity index (χ2n) is 4.65. The van der Waals surface area contributed by atoms with E-state index in [-0.39, 0.29) is 0 Å². The molecule has 1 saturated carbocycles. The summed E-state index contributed by atoms with van der Waals surface area (Å²) < 4.78 is 0. The Balaban J connectivity index is 2.12. The van der Waals surface area contributed by atoms with Crippen LogP contribution in [0.15, 0.2) is 18.2 Å². The second-order valence-corrected chi connectivity index (χ2v) is 5.46. The number of hydrogen-bond acceptors (Lipinski definition) is 0. The van der Waals surface area contributed by atoms with Crippen molar-refractivity contribution < 1.29 is 0 Å². The van der Waals surface area contributed by atoms with E-state index in [2.05, 4.69) is 13.0 Å². The van der Waals surface area contributed by atoms with Crippen LogP contribution in [-0.4, -0.2) is 0 Å². The van der Waals surface area contributed by atoms with Crippen LogP contribution in [0, 0.1) is 11.8 Å². The summed E-state index contributed by atoms with van der Waals surface area (Å²) in [5.41, 5.74) is 1.25. The zero-order valence-electron chi connectivity index (χ0n) is 9.60. The Bertz CT molecular complexity index is 354. The van der Waals surface area contributed by atoms with Crippen molar-refractivity contribution in [3.8, 4) is 0 Å². The van der Waals surface area contributed by atoms with E-state index >= 15 is 0 Å². The van der Waals surface area contributed by atoms with Crippen molar-refractivity contribution in [1.29, 1.82) is 0 Å². The van der Waals surface area contributed by atoms with E-state index in [1.165, 1.54) is 43.6 Å². The molecule has 1 aliphatic carbocycles. The highest BCUT2D eigenvalue weighted by atomic mass is 35.5. The molecule has 0 nitrogen and oxygen atoms in total. The predicted molar refractivity (Wildman–Crippen MR) is 71.1 cm³/mol. The van der Waals surface area contributed by atoms with Crippen molar-refractivity contribution in [2.75, 3.05) is 0 Å². The number of benzene rings is 1. The first-order valence-electron chi connectivity index (χ1n) is 5.97. The third kappa shape index (κ3) is 2.73. The van der Waals surface area contributed by atoms with Crippen LogP contribution in [0.5, 0.6) is 0 Å². The molecule has 0 aromatic heterocycles. The van der Waals surface area contributed by atoms with Gasteiger partial charge in [-0.1, -0.05) is 55.5 Å². The third-order valence-electron chi connectivity index (χ3n) is 3.59. The van der Waals surface area contributed by atoms with Crippen LogP contribution < -0.4 is 0 Å². The molecule has 1 fully saturated rings. The standard InChI is InChI=1S/C14H17Cl2/c1-10(11-5-3-2-4-6-11)12-7-8-13(15)14(16)9-12/h7-9,11H,2-6H2,1H3. The first-order valence-corrected chi connectivity index (χ1v) is 6.73. The van der Waals surface area contributed by atoms with E-state index < -0.39 is 0 Å². The van der Waals surface area contributed by atoms with E-state index in [9.17, 15) is 0 Å². The summed E-state index contributed by atoms with van der Waals surface area (Å²) in [6, 6.07) is 5.97. The lowest BCUT2D eigenvalue weighted by Gasteiger charge is -2.27. The molecule has 0 aliphatic heterocycles. The van der Waals surface area contributed by atoms with Crippen molar-refractivity contribution >= 4 is 23.2 Å². The van der Waals surface area contributed by atoms with Gasteiger partial charge < -0.3 is 0 Å². The predicted octanol–water partition coefficient (Wildman–Crippen LogP) is 5.52. The van der Waals surface area contributed by atoms with Gasteiger partial charge >= 0.3 is 0 Å². The van der Waals surface area contributed by atoms with Crippen LogP contribution in [0.3, 0.4) is 0 Å². The Labute approximate surface area is 108 Å². The molecule has 1 radical (unpaired) electrons. The molecule has 1 aromatic rings. The Kier molecular flexibility index (Phi) is 4.16. The molecule has 2 rings (SSSR count). The molecule has 0 bridgehead atoms. The molecule has 1 aliphatic rings. The fourth-order valence-corrected chi connectivity index (χ4v) is 2.81. The summed E-state index contributed by atoms with van der Waals surface area (Å²) in [6.07, 6.45) is 6.77. The van der Waals surface area contributed by atoms with Gasteiger partial charge in [0, 0.05) is 5.92 Å². The molecule has 1 aromatic carbocycles. The van der Waals surface area contributed by atoms with E-state index in [0.29, 0.717) is 10.0 Å². The summed E-state index contributed by atoms with van der Waals surface area (Å²) in [4.78, 5) is 0. The molecule has 0 unspecified atom stereocenters. The summed E-state index contributed by atoms with van der Waals surface area (Å²) >= 11 is 12.0. The van der Waals surface area contributed by atoms with Gasteiger partial charge in [0.1, 0.15) is 0 Å². The highest BCUT2D eigenvalue weighted by Crippen LogP contribution is 2.36. The molecule has 2 heteroatoms.